The molecular weight excluding hydrogens is 338 g/mol. The van der Waals surface area contributed by atoms with E-state index in [0.29, 0.717) is 10.7 Å². The SMILES string of the molecule is Cn1cc(/C=C2/NC(=O)N(c3cccc(Cl)c3)C2=O)c2ccccc21. The summed E-state index contributed by atoms with van der Waals surface area (Å²) in [6, 6.07) is 14.0. The Morgan fingerprint density at radius 1 is 1.08 bits per heavy atom. The van der Waals surface area contributed by atoms with Gasteiger partial charge in [-0.05, 0) is 30.3 Å². The Hall–Kier alpha value is -3.05. The molecule has 5 nitrogen and oxygen atoms in total. The first-order valence-corrected chi connectivity index (χ1v) is 8.09. The van der Waals surface area contributed by atoms with Gasteiger partial charge in [0.1, 0.15) is 5.70 Å². The number of amides is 3. The first-order valence-electron chi connectivity index (χ1n) is 7.71. The average molecular weight is 352 g/mol. The smallest absolute Gasteiger partial charge is 0.333 e. The molecule has 1 fully saturated rings. The van der Waals surface area contributed by atoms with E-state index in [4.69, 9.17) is 11.6 Å². The lowest BCUT2D eigenvalue weighted by atomic mass is 10.1. The summed E-state index contributed by atoms with van der Waals surface area (Å²) >= 11 is 5.97. The summed E-state index contributed by atoms with van der Waals surface area (Å²) in [6.45, 7) is 0. The monoisotopic (exact) mass is 351 g/mol. The summed E-state index contributed by atoms with van der Waals surface area (Å²) in [5.74, 6) is -0.403. The van der Waals surface area contributed by atoms with Crippen molar-refractivity contribution in [1.82, 2.24) is 9.88 Å². The molecular formula is C19H14ClN3O2. The van der Waals surface area contributed by atoms with Crippen molar-refractivity contribution < 1.29 is 9.59 Å². The molecule has 1 N–H and O–H groups in total. The summed E-state index contributed by atoms with van der Waals surface area (Å²) in [5.41, 5.74) is 2.60. The zero-order valence-electron chi connectivity index (χ0n) is 13.4. The van der Waals surface area contributed by atoms with Crippen molar-refractivity contribution in [3.05, 3.63) is 71.0 Å². The average Bonchev–Trinajstić information content (AvgIpc) is 3.05. The lowest BCUT2D eigenvalue weighted by Crippen LogP contribution is -2.30. The molecule has 3 aromatic rings. The molecule has 0 saturated carbocycles. The van der Waals surface area contributed by atoms with Crippen LogP contribution in [0.5, 0.6) is 0 Å². The maximum Gasteiger partial charge on any atom is 0.333 e. The number of hydrogen-bond acceptors (Lipinski definition) is 2. The van der Waals surface area contributed by atoms with Gasteiger partial charge in [-0.25, -0.2) is 9.69 Å². The van der Waals surface area contributed by atoms with Crippen LogP contribution in [0.1, 0.15) is 5.56 Å². The fraction of sp³-hybridized carbons (Fsp3) is 0.0526. The van der Waals surface area contributed by atoms with Crippen LogP contribution in [-0.2, 0) is 11.8 Å². The van der Waals surface area contributed by atoms with Gasteiger partial charge >= 0.3 is 6.03 Å². The molecule has 0 aliphatic carbocycles. The van der Waals surface area contributed by atoms with Gasteiger partial charge in [0.2, 0.25) is 0 Å². The van der Waals surface area contributed by atoms with Crippen molar-refractivity contribution in [2.75, 3.05) is 4.90 Å². The fourth-order valence-corrected chi connectivity index (χ4v) is 3.21. The van der Waals surface area contributed by atoms with E-state index in [9.17, 15) is 9.59 Å². The summed E-state index contributed by atoms with van der Waals surface area (Å²) in [7, 11) is 1.94. The number of hydrogen-bond donors (Lipinski definition) is 1. The first kappa shape index (κ1) is 15.5. The molecule has 2 aromatic carbocycles. The number of imide groups is 1. The van der Waals surface area contributed by atoms with Gasteiger partial charge < -0.3 is 9.88 Å². The summed E-state index contributed by atoms with van der Waals surface area (Å²) < 4.78 is 1.98. The lowest BCUT2D eigenvalue weighted by molar-refractivity contribution is -0.113. The largest absolute Gasteiger partial charge is 0.350 e. The Bertz CT molecular complexity index is 1050. The van der Waals surface area contributed by atoms with E-state index >= 15 is 0 Å². The molecule has 1 aromatic heterocycles. The molecule has 4 rings (SSSR count). The number of nitrogens with one attached hydrogen (secondary N) is 1. The van der Waals surface area contributed by atoms with Crippen molar-refractivity contribution in [2.24, 2.45) is 7.05 Å². The minimum absolute atomic E-state index is 0.237. The Morgan fingerprint density at radius 3 is 2.68 bits per heavy atom. The number of nitrogens with zero attached hydrogens (tertiary/aromatic N) is 2. The number of carbonyl (C=O) groups is 2. The second-order valence-electron chi connectivity index (χ2n) is 5.82. The van der Waals surface area contributed by atoms with Gasteiger partial charge in [-0.3, -0.25) is 4.79 Å². The predicted octanol–water partition coefficient (Wildman–Crippen LogP) is 3.93. The number of rotatable bonds is 2. The highest BCUT2D eigenvalue weighted by molar-refractivity contribution is 6.32. The number of anilines is 1. The highest BCUT2D eigenvalue weighted by Gasteiger charge is 2.35. The van der Waals surface area contributed by atoms with E-state index in [1.807, 2.05) is 42.1 Å². The van der Waals surface area contributed by atoms with E-state index < -0.39 is 11.9 Å². The normalized spacial score (nSPS) is 16.1. The first-order chi connectivity index (χ1) is 12.0. The van der Waals surface area contributed by atoms with Crippen LogP contribution in [0.2, 0.25) is 5.02 Å². The van der Waals surface area contributed by atoms with Gasteiger partial charge in [-0.2, -0.15) is 0 Å². The Labute approximate surface area is 149 Å². The van der Waals surface area contributed by atoms with Gasteiger partial charge in [0.25, 0.3) is 5.91 Å². The lowest BCUT2D eigenvalue weighted by Gasteiger charge is -2.11. The molecule has 0 bridgehead atoms. The van der Waals surface area contributed by atoms with Gasteiger partial charge in [0, 0.05) is 34.7 Å². The van der Waals surface area contributed by atoms with Crippen LogP contribution in [0.15, 0.2) is 60.4 Å². The summed E-state index contributed by atoms with van der Waals surface area (Å²) in [6.07, 6.45) is 3.63. The Balaban J connectivity index is 1.75. The van der Waals surface area contributed by atoms with E-state index in [-0.39, 0.29) is 5.70 Å². The number of aromatic nitrogens is 1. The van der Waals surface area contributed by atoms with Gasteiger partial charge in [-0.15, -0.1) is 0 Å². The molecule has 6 heteroatoms. The van der Waals surface area contributed by atoms with Gasteiger partial charge in [0.05, 0.1) is 5.69 Å². The molecule has 1 saturated heterocycles. The van der Waals surface area contributed by atoms with E-state index in [1.54, 1.807) is 30.3 Å². The standard InChI is InChI=1S/C19H14ClN3O2/c1-22-11-12(15-7-2-3-8-17(15)22)9-16-18(24)23(19(25)21-16)14-6-4-5-13(20)10-14/h2-11H,1H3,(H,21,25)/b16-9+. The van der Waals surface area contributed by atoms with Crippen LogP contribution in [-0.4, -0.2) is 16.5 Å². The van der Waals surface area contributed by atoms with Crippen molar-refractivity contribution in [3.63, 3.8) is 0 Å². The molecule has 25 heavy (non-hydrogen) atoms. The maximum absolute atomic E-state index is 12.7. The second-order valence-corrected chi connectivity index (χ2v) is 6.26. The second kappa shape index (κ2) is 5.79. The fourth-order valence-electron chi connectivity index (χ4n) is 3.03. The summed E-state index contributed by atoms with van der Waals surface area (Å²) in [5, 5.41) is 4.12. The summed E-state index contributed by atoms with van der Waals surface area (Å²) in [4.78, 5) is 26.1. The van der Waals surface area contributed by atoms with Crippen molar-refractivity contribution in [3.8, 4) is 0 Å². The molecule has 2 heterocycles. The number of urea groups is 1. The molecule has 1 aliphatic rings. The minimum Gasteiger partial charge on any atom is -0.350 e. The molecule has 0 unspecified atom stereocenters. The molecule has 124 valence electrons. The van der Waals surface area contributed by atoms with Crippen LogP contribution < -0.4 is 10.2 Å². The van der Waals surface area contributed by atoms with Crippen LogP contribution in [0.4, 0.5) is 10.5 Å². The third-order valence-corrected chi connectivity index (χ3v) is 4.41. The minimum atomic E-state index is -0.487. The Kier molecular flexibility index (Phi) is 3.58. The molecule has 0 radical (unpaired) electrons. The van der Waals surface area contributed by atoms with Crippen molar-refractivity contribution in [2.45, 2.75) is 0 Å². The number of carbonyl (C=O) groups excluding carboxylic acids is 2. The molecule has 0 spiro atoms. The van der Waals surface area contributed by atoms with E-state index in [0.717, 1.165) is 21.4 Å². The maximum atomic E-state index is 12.7. The number of halogens is 1. The van der Waals surface area contributed by atoms with Crippen molar-refractivity contribution in [1.29, 1.82) is 0 Å². The quantitative estimate of drug-likeness (QED) is 0.562. The van der Waals surface area contributed by atoms with Gasteiger partial charge in [-0.1, -0.05) is 35.9 Å². The van der Waals surface area contributed by atoms with Crippen molar-refractivity contribution >= 4 is 46.2 Å². The van der Waals surface area contributed by atoms with Gasteiger partial charge in [0.15, 0.2) is 0 Å². The zero-order chi connectivity index (χ0) is 17.6. The van der Waals surface area contributed by atoms with Crippen LogP contribution in [0.25, 0.3) is 17.0 Å². The molecule has 3 amide bonds. The van der Waals surface area contributed by atoms with Crippen LogP contribution in [0, 0.1) is 0 Å². The zero-order valence-corrected chi connectivity index (χ0v) is 14.1. The number of aryl methyl sites for hydroxylation is 1. The highest BCUT2D eigenvalue weighted by atomic mass is 35.5. The third-order valence-electron chi connectivity index (χ3n) is 4.17. The number of benzene rings is 2. The number of fused-ring (bicyclic) bond motifs is 1. The van der Waals surface area contributed by atoms with E-state index in [1.165, 1.54) is 0 Å². The molecule has 1 aliphatic heterocycles. The topological polar surface area (TPSA) is 54.3 Å². The number of para-hydroxylation sites is 1. The van der Waals surface area contributed by atoms with E-state index in [2.05, 4.69) is 5.32 Å². The predicted molar refractivity (Wildman–Crippen MR) is 98.4 cm³/mol. The van der Waals surface area contributed by atoms with Crippen LogP contribution >= 0.6 is 11.6 Å². The molecule has 0 atom stereocenters. The highest BCUT2D eigenvalue weighted by Crippen LogP contribution is 2.27. The third kappa shape index (κ3) is 2.58. The van der Waals surface area contributed by atoms with Crippen LogP contribution in [0.3, 0.4) is 0 Å². The Morgan fingerprint density at radius 2 is 1.88 bits per heavy atom.